The first-order valence-corrected chi connectivity index (χ1v) is 5.37. The summed E-state index contributed by atoms with van der Waals surface area (Å²) in [5.41, 5.74) is 8.87. The van der Waals surface area contributed by atoms with Gasteiger partial charge in [-0.3, -0.25) is 0 Å². The van der Waals surface area contributed by atoms with Gasteiger partial charge < -0.3 is 20.2 Å². The summed E-state index contributed by atoms with van der Waals surface area (Å²) in [7, 11) is 3.28. The second-order valence-electron chi connectivity index (χ2n) is 3.70. The third kappa shape index (κ3) is 2.26. The molecule has 1 aromatic heterocycles. The average molecular weight is 232 g/mol. The Morgan fingerprint density at radius 2 is 1.71 bits per heavy atom. The summed E-state index contributed by atoms with van der Waals surface area (Å²) in [6.07, 6.45) is 3.83. The van der Waals surface area contributed by atoms with E-state index in [1.54, 1.807) is 14.2 Å². The molecule has 0 fully saturated rings. The quantitative estimate of drug-likeness (QED) is 0.849. The fourth-order valence-corrected chi connectivity index (χ4v) is 1.80. The van der Waals surface area contributed by atoms with E-state index in [0.717, 1.165) is 28.2 Å². The van der Waals surface area contributed by atoms with Gasteiger partial charge in [0, 0.05) is 30.6 Å². The van der Waals surface area contributed by atoms with Crippen LogP contribution >= 0.6 is 0 Å². The summed E-state index contributed by atoms with van der Waals surface area (Å²) < 4.78 is 10.5. The molecule has 0 spiro atoms. The number of hydrogen-bond donors (Lipinski definition) is 2. The van der Waals surface area contributed by atoms with E-state index in [1.165, 1.54) is 0 Å². The molecule has 0 bridgehead atoms. The van der Waals surface area contributed by atoms with E-state index >= 15 is 0 Å². The highest BCUT2D eigenvalue weighted by Gasteiger charge is 2.08. The summed E-state index contributed by atoms with van der Waals surface area (Å²) in [6.45, 7) is 0.498. The van der Waals surface area contributed by atoms with Gasteiger partial charge >= 0.3 is 0 Å². The number of aromatic nitrogens is 1. The molecule has 4 heteroatoms. The number of aromatic amines is 1. The Hall–Kier alpha value is -1.94. The topological polar surface area (TPSA) is 60.3 Å². The van der Waals surface area contributed by atoms with Gasteiger partial charge in [0.25, 0.3) is 0 Å². The molecule has 1 heterocycles. The number of methoxy groups -OCH3 is 2. The highest BCUT2D eigenvalue weighted by Crippen LogP contribution is 2.31. The summed E-state index contributed by atoms with van der Waals surface area (Å²) >= 11 is 0. The van der Waals surface area contributed by atoms with Crippen molar-refractivity contribution in [3.63, 3.8) is 0 Å². The van der Waals surface area contributed by atoms with Crippen molar-refractivity contribution in [2.45, 2.75) is 6.54 Å². The lowest BCUT2D eigenvalue weighted by Crippen LogP contribution is -1.96. The van der Waals surface area contributed by atoms with Crippen molar-refractivity contribution in [3.8, 4) is 22.6 Å². The Balaban J connectivity index is 2.51. The Morgan fingerprint density at radius 3 is 2.24 bits per heavy atom. The van der Waals surface area contributed by atoms with Gasteiger partial charge in [-0.25, -0.2) is 0 Å². The first-order valence-electron chi connectivity index (χ1n) is 5.37. The van der Waals surface area contributed by atoms with Crippen LogP contribution in [0.4, 0.5) is 0 Å². The van der Waals surface area contributed by atoms with Gasteiger partial charge in [0.2, 0.25) is 0 Å². The molecule has 2 aromatic rings. The molecule has 0 atom stereocenters. The molecule has 3 N–H and O–H groups in total. The van der Waals surface area contributed by atoms with Crippen LogP contribution in [0.15, 0.2) is 30.6 Å². The maximum absolute atomic E-state index is 5.69. The Kier molecular flexibility index (Phi) is 3.35. The monoisotopic (exact) mass is 232 g/mol. The average Bonchev–Trinajstić information content (AvgIpc) is 2.86. The molecule has 4 nitrogen and oxygen atoms in total. The molecule has 17 heavy (non-hydrogen) atoms. The molecule has 0 saturated carbocycles. The normalized spacial score (nSPS) is 10.3. The van der Waals surface area contributed by atoms with Crippen LogP contribution in [0.3, 0.4) is 0 Å². The van der Waals surface area contributed by atoms with E-state index in [9.17, 15) is 0 Å². The van der Waals surface area contributed by atoms with Gasteiger partial charge in [0.05, 0.1) is 14.2 Å². The Labute approximate surface area is 100 Å². The van der Waals surface area contributed by atoms with E-state index in [4.69, 9.17) is 15.2 Å². The number of hydrogen-bond acceptors (Lipinski definition) is 3. The molecule has 0 saturated heterocycles. The van der Waals surface area contributed by atoms with Crippen LogP contribution in [0.1, 0.15) is 5.56 Å². The lowest BCUT2D eigenvalue weighted by molar-refractivity contribution is 0.394. The maximum Gasteiger partial charge on any atom is 0.123 e. The zero-order valence-electron chi connectivity index (χ0n) is 9.99. The molecule has 0 radical (unpaired) electrons. The number of ether oxygens (including phenoxy) is 2. The number of rotatable bonds is 4. The molecule has 0 aliphatic carbocycles. The van der Waals surface area contributed by atoms with Crippen molar-refractivity contribution in [2.24, 2.45) is 5.73 Å². The Morgan fingerprint density at radius 1 is 1.06 bits per heavy atom. The number of nitrogens with one attached hydrogen (secondary N) is 1. The smallest absolute Gasteiger partial charge is 0.123 e. The predicted molar refractivity (Wildman–Crippen MR) is 67.2 cm³/mol. The maximum atomic E-state index is 5.69. The molecule has 2 rings (SSSR count). The molecule has 0 amide bonds. The second-order valence-corrected chi connectivity index (χ2v) is 3.70. The standard InChI is InChI=1S/C13H16N2O2/c1-16-11-3-9(4-12(5-11)17-2)13-8-15-7-10(13)6-14/h3-5,7-8,15H,6,14H2,1-2H3. The van der Waals surface area contributed by atoms with Crippen LogP contribution in [0.5, 0.6) is 11.5 Å². The van der Waals surface area contributed by atoms with Crippen LogP contribution < -0.4 is 15.2 Å². The lowest BCUT2D eigenvalue weighted by Gasteiger charge is -2.08. The van der Waals surface area contributed by atoms with E-state index in [-0.39, 0.29) is 0 Å². The number of H-pyrrole nitrogens is 1. The highest BCUT2D eigenvalue weighted by atomic mass is 16.5. The van der Waals surface area contributed by atoms with Crippen molar-refractivity contribution in [1.82, 2.24) is 4.98 Å². The van der Waals surface area contributed by atoms with Crippen LogP contribution in [0.2, 0.25) is 0 Å². The van der Waals surface area contributed by atoms with E-state index < -0.39 is 0 Å². The van der Waals surface area contributed by atoms with Crippen LogP contribution in [-0.2, 0) is 6.54 Å². The SMILES string of the molecule is COc1cc(OC)cc(-c2c[nH]cc2CN)c1. The lowest BCUT2D eigenvalue weighted by atomic mass is 10.0. The second kappa shape index (κ2) is 4.93. The molecular weight excluding hydrogens is 216 g/mol. The Bertz CT molecular complexity index is 484. The zero-order chi connectivity index (χ0) is 12.3. The number of benzene rings is 1. The minimum atomic E-state index is 0.498. The zero-order valence-corrected chi connectivity index (χ0v) is 9.99. The van der Waals surface area contributed by atoms with Crippen LogP contribution in [0.25, 0.3) is 11.1 Å². The summed E-state index contributed by atoms with van der Waals surface area (Å²) in [6, 6.07) is 5.77. The van der Waals surface area contributed by atoms with E-state index in [2.05, 4.69) is 4.98 Å². The molecule has 0 aliphatic rings. The van der Waals surface area contributed by atoms with Crippen molar-refractivity contribution >= 4 is 0 Å². The summed E-state index contributed by atoms with van der Waals surface area (Å²) in [5, 5.41) is 0. The van der Waals surface area contributed by atoms with Gasteiger partial charge in [-0.2, -0.15) is 0 Å². The minimum Gasteiger partial charge on any atom is -0.497 e. The molecular formula is C13H16N2O2. The van der Waals surface area contributed by atoms with E-state index in [0.29, 0.717) is 6.54 Å². The van der Waals surface area contributed by atoms with E-state index in [1.807, 2.05) is 30.6 Å². The van der Waals surface area contributed by atoms with Crippen LogP contribution in [-0.4, -0.2) is 19.2 Å². The minimum absolute atomic E-state index is 0.498. The summed E-state index contributed by atoms with van der Waals surface area (Å²) in [5.74, 6) is 1.53. The van der Waals surface area contributed by atoms with Gasteiger partial charge in [-0.1, -0.05) is 0 Å². The first-order chi connectivity index (χ1) is 8.28. The molecule has 0 unspecified atom stereocenters. The van der Waals surface area contributed by atoms with Crippen molar-refractivity contribution in [2.75, 3.05) is 14.2 Å². The highest BCUT2D eigenvalue weighted by molar-refractivity contribution is 5.70. The molecule has 0 aliphatic heterocycles. The van der Waals surface area contributed by atoms with Gasteiger partial charge in [-0.15, -0.1) is 0 Å². The molecule has 1 aromatic carbocycles. The third-order valence-electron chi connectivity index (χ3n) is 2.71. The van der Waals surface area contributed by atoms with Crippen molar-refractivity contribution < 1.29 is 9.47 Å². The first kappa shape index (κ1) is 11.5. The van der Waals surface area contributed by atoms with Gasteiger partial charge in [0.1, 0.15) is 11.5 Å². The molecule has 90 valence electrons. The fourth-order valence-electron chi connectivity index (χ4n) is 1.80. The van der Waals surface area contributed by atoms with Gasteiger partial charge in [0.15, 0.2) is 0 Å². The van der Waals surface area contributed by atoms with Crippen molar-refractivity contribution in [3.05, 3.63) is 36.2 Å². The third-order valence-corrected chi connectivity index (χ3v) is 2.71. The van der Waals surface area contributed by atoms with Crippen LogP contribution in [0, 0.1) is 0 Å². The van der Waals surface area contributed by atoms with Crippen molar-refractivity contribution in [1.29, 1.82) is 0 Å². The summed E-state index contributed by atoms with van der Waals surface area (Å²) in [4.78, 5) is 3.06. The fraction of sp³-hybridized carbons (Fsp3) is 0.231. The predicted octanol–water partition coefficient (Wildman–Crippen LogP) is 2.16. The largest absolute Gasteiger partial charge is 0.497 e. The number of nitrogens with two attached hydrogens (primary N) is 1. The van der Waals surface area contributed by atoms with Gasteiger partial charge in [-0.05, 0) is 23.3 Å².